The van der Waals surface area contributed by atoms with Gasteiger partial charge in [0, 0.05) is 6.54 Å². The van der Waals surface area contributed by atoms with Gasteiger partial charge in [-0.2, -0.15) is 0 Å². The summed E-state index contributed by atoms with van der Waals surface area (Å²) in [5.74, 6) is 0.994. The lowest BCUT2D eigenvalue weighted by atomic mass is 9.99. The van der Waals surface area contributed by atoms with Gasteiger partial charge < -0.3 is 5.32 Å². The lowest BCUT2D eigenvalue weighted by molar-refractivity contribution is -0.120. The number of aliphatic imine (C=N–C) groups is 1. The molecular weight excluding hydrogens is 262 g/mol. The minimum absolute atomic E-state index is 0.0474. The standard InChI is InChI=1S/C17H19N3O/c1-11(2)10-18-17-19-15(16(21)20-17)14-9-5-7-12-6-3-4-8-13(12)14/h3-9,11,15H,10H2,1-2H3,(H2,18,19,20,21). The summed E-state index contributed by atoms with van der Waals surface area (Å²) < 4.78 is 0. The molecule has 1 atom stereocenters. The molecular formula is C17H19N3O. The van der Waals surface area contributed by atoms with Gasteiger partial charge in [-0.1, -0.05) is 56.3 Å². The van der Waals surface area contributed by atoms with Crippen molar-refractivity contribution in [2.45, 2.75) is 19.9 Å². The lowest BCUT2D eigenvalue weighted by Crippen LogP contribution is -2.26. The van der Waals surface area contributed by atoms with E-state index >= 15 is 0 Å². The van der Waals surface area contributed by atoms with Crippen LogP contribution < -0.4 is 10.6 Å². The Kier molecular flexibility index (Phi) is 3.60. The number of carbonyl (C=O) groups excluding carboxylic acids is 1. The quantitative estimate of drug-likeness (QED) is 0.908. The Labute approximate surface area is 124 Å². The third-order valence-electron chi connectivity index (χ3n) is 3.53. The van der Waals surface area contributed by atoms with Crippen LogP contribution in [0, 0.1) is 5.92 Å². The van der Waals surface area contributed by atoms with Crippen molar-refractivity contribution in [3.05, 3.63) is 48.0 Å². The van der Waals surface area contributed by atoms with E-state index < -0.39 is 0 Å². The van der Waals surface area contributed by atoms with Crippen molar-refractivity contribution < 1.29 is 4.79 Å². The highest BCUT2D eigenvalue weighted by atomic mass is 16.2. The Morgan fingerprint density at radius 3 is 2.71 bits per heavy atom. The molecule has 0 spiro atoms. The minimum atomic E-state index is -0.373. The van der Waals surface area contributed by atoms with Crippen LogP contribution in [0.3, 0.4) is 0 Å². The molecule has 0 aliphatic carbocycles. The molecule has 2 aromatic carbocycles. The molecule has 0 bridgehead atoms. The summed E-state index contributed by atoms with van der Waals surface area (Å²) in [4.78, 5) is 16.6. The van der Waals surface area contributed by atoms with E-state index in [1.165, 1.54) is 0 Å². The van der Waals surface area contributed by atoms with Crippen LogP contribution in [0.15, 0.2) is 47.5 Å². The Morgan fingerprint density at radius 2 is 1.90 bits per heavy atom. The molecule has 108 valence electrons. The Morgan fingerprint density at radius 1 is 1.14 bits per heavy atom. The zero-order chi connectivity index (χ0) is 14.8. The number of amides is 1. The number of guanidine groups is 1. The average molecular weight is 281 g/mol. The van der Waals surface area contributed by atoms with Crippen molar-refractivity contribution in [2.24, 2.45) is 10.9 Å². The fourth-order valence-corrected chi connectivity index (χ4v) is 2.51. The SMILES string of the molecule is CC(C)CN=C1NC(=O)C(c2cccc3ccccc23)N1. The first-order chi connectivity index (χ1) is 10.1. The number of rotatable bonds is 3. The highest BCUT2D eigenvalue weighted by Gasteiger charge is 2.30. The predicted molar refractivity (Wildman–Crippen MR) is 85.1 cm³/mol. The number of fused-ring (bicyclic) bond motifs is 1. The molecule has 21 heavy (non-hydrogen) atoms. The van der Waals surface area contributed by atoms with E-state index in [9.17, 15) is 4.79 Å². The highest BCUT2D eigenvalue weighted by molar-refractivity contribution is 6.08. The molecule has 1 amide bonds. The fourth-order valence-electron chi connectivity index (χ4n) is 2.51. The average Bonchev–Trinajstić information content (AvgIpc) is 2.85. The molecule has 0 aromatic heterocycles. The topological polar surface area (TPSA) is 53.5 Å². The molecule has 1 fully saturated rings. The Balaban J connectivity index is 1.93. The van der Waals surface area contributed by atoms with Crippen LogP contribution in [-0.4, -0.2) is 18.4 Å². The molecule has 2 N–H and O–H groups in total. The number of benzene rings is 2. The maximum atomic E-state index is 12.2. The zero-order valence-corrected chi connectivity index (χ0v) is 12.3. The summed E-state index contributed by atoms with van der Waals surface area (Å²) in [7, 11) is 0. The molecule has 1 aliphatic rings. The first-order valence-corrected chi connectivity index (χ1v) is 7.24. The molecule has 1 aliphatic heterocycles. The molecule has 1 saturated heterocycles. The third kappa shape index (κ3) is 2.75. The van der Waals surface area contributed by atoms with Crippen molar-refractivity contribution in [3.63, 3.8) is 0 Å². The smallest absolute Gasteiger partial charge is 0.253 e. The zero-order valence-electron chi connectivity index (χ0n) is 12.3. The second kappa shape index (κ2) is 5.56. The molecule has 2 aromatic rings. The normalized spacial score (nSPS) is 20.0. The molecule has 4 nitrogen and oxygen atoms in total. The van der Waals surface area contributed by atoms with E-state index in [0.717, 1.165) is 16.3 Å². The summed E-state index contributed by atoms with van der Waals surface area (Å²) >= 11 is 0. The summed E-state index contributed by atoms with van der Waals surface area (Å²) in [6, 6.07) is 13.8. The van der Waals surface area contributed by atoms with E-state index in [2.05, 4.69) is 41.6 Å². The molecule has 1 unspecified atom stereocenters. The fraction of sp³-hybridized carbons (Fsp3) is 0.294. The molecule has 3 rings (SSSR count). The first kappa shape index (κ1) is 13.6. The van der Waals surface area contributed by atoms with Gasteiger partial charge in [-0.25, -0.2) is 0 Å². The van der Waals surface area contributed by atoms with Crippen LogP contribution >= 0.6 is 0 Å². The molecule has 1 heterocycles. The van der Waals surface area contributed by atoms with Crippen LogP contribution in [0.1, 0.15) is 25.5 Å². The van der Waals surface area contributed by atoms with Gasteiger partial charge in [0.15, 0.2) is 5.96 Å². The summed E-state index contributed by atoms with van der Waals surface area (Å²) in [5, 5.41) is 8.25. The molecule has 0 saturated carbocycles. The second-order valence-electron chi connectivity index (χ2n) is 5.72. The number of hydrogen-bond donors (Lipinski definition) is 2. The van der Waals surface area contributed by atoms with E-state index in [0.29, 0.717) is 18.4 Å². The van der Waals surface area contributed by atoms with E-state index in [1.54, 1.807) is 0 Å². The Hall–Kier alpha value is -2.36. The Bertz CT molecular complexity index is 701. The van der Waals surface area contributed by atoms with Gasteiger partial charge in [-0.3, -0.25) is 15.1 Å². The van der Waals surface area contributed by atoms with Crippen molar-refractivity contribution in [1.29, 1.82) is 0 Å². The van der Waals surface area contributed by atoms with Crippen molar-refractivity contribution in [3.8, 4) is 0 Å². The van der Waals surface area contributed by atoms with Crippen molar-refractivity contribution in [1.82, 2.24) is 10.6 Å². The minimum Gasteiger partial charge on any atom is -0.340 e. The largest absolute Gasteiger partial charge is 0.340 e. The van der Waals surface area contributed by atoms with Gasteiger partial charge in [0.05, 0.1) is 0 Å². The van der Waals surface area contributed by atoms with Gasteiger partial charge in [-0.05, 0) is 22.3 Å². The monoisotopic (exact) mass is 281 g/mol. The van der Waals surface area contributed by atoms with E-state index in [-0.39, 0.29) is 11.9 Å². The van der Waals surface area contributed by atoms with Crippen LogP contribution in [0.4, 0.5) is 0 Å². The van der Waals surface area contributed by atoms with Crippen LogP contribution in [0.2, 0.25) is 0 Å². The number of hydrogen-bond acceptors (Lipinski definition) is 2. The van der Waals surface area contributed by atoms with Gasteiger partial charge in [-0.15, -0.1) is 0 Å². The number of carbonyl (C=O) groups is 1. The van der Waals surface area contributed by atoms with Crippen LogP contribution in [0.25, 0.3) is 10.8 Å². The van der Waals surface area contributed by atoms with Gasteiger partial charge in [0.25, 0.3) is 5.91 Å². The third-order valence-corrected chi connectivity index (χ3v) is 3.53. The van der Waals surface area contributed by atoms with Crippen LogP contribution in [-0.2, 0) is 4.79 Å². The second-order valence-corrected chi connectivity index (χ2v) is 5.72. The summed E-state index contributed by atoms with van der Waals surface area (Å²) in [5.41, 5.74) is 0.986. The van der Waals surface area contributed by atoms with Crippen molar-refractivity contribution >= 4 is 22.6 Å². The molecule has 0 radical (unpaired) electrons. The van der Waals surface area contributed by atoms with Gasteiger partial charge in [0.2, 0.25) is 0 Å². The maximum Gasteiger partial charge on any atom is 0.253 e. The lowest BCUT2D eigenvalue weighted by Gasteiger charge is -2.11. The van der Waals surface area contributed by atoms with Gasteiger partial charge >= 0.3 is 0 Å². The molecule has 4 heteroatoms. The van der Waals surface area contributed by atoms with E-state index in [4.69, 9.17) is 0 Å². The predicted octanol–water partition coefficient (Wildman–Crippen LogP) is 2.61. The first-order valence-electron chi connectivity index (χ1n) is 7.24. The van der Waals surface area contributed by atoms with Gasteiger partial charge in [0.1, 0.15) is 6.04 Å². The number of nitrogens with zero attached hydrogens (tertiary/aromatic N) is 1. The maximum absolute atomic E-state index is 12.2. The summed E-state index contributed by atoms with van der Waals surface area (Å²) in [6.45, 7) is 4.90. The number of nitrogens with one attached hydrogen (secondary N) is 2. The van der Waals surface area contributed by atoms with Crippen molar-refractivity contribution in [2.75, 3.05) is 6.54 Å². The van der Waals surface area contributed by atoms with E-state index in [1.807, 2.05) is 30.3 Å². The van der Waals surface area contributed by atoms with Crippen LogP contribution in [0.5, 0.6) is 0 Å². The highest BCUT2D eigenvalue weighted by Crippen LogP contribution is 2.26. The summed E-state index contributed by atoms with van der Waals surface area (Å²) in [6.07, 6.45) is 0.